The zero-order chi connectivity index (χ0) is 11.0. The Morgan fingerprint density at radius 3 is 2.57 bits per heavy atom. The van der Waals surface area contributed by atoms with Gasteiger partial charge in [-0.25, -0.2) is 4.99 Å². The van der Waals surface area contributed by atoms with E-state index in [1.165, 1.54) is 0 Å². The van der Waals surface area contributed by atoms with Gasteiger partial charge in [-0.2, -0.15) is 0 Å². The van der Waals surface area contributed by atoms with E-state index >= 15 is 0 Å². The van der Waals surface area contributed by atoms with E-state index in [0.29, 0.717) is 12.5 Å². The van der Waals surface area contributed by atoms with Crippen LogP contribution in [0, 0.1) is 5.92 Å². The van der Waals surface area contributed by atoms with E-state index in [1.807, 2.05) is 0 Å². The molecule has 82 valence electrons. The number of nitrogens with zero attached hydrogens (tertiary/aromatic N) is 1. The molecule has 3 heteroatoms. The number of aliphatic hydroxyl groups is 1. The van der Waals surface area contributed by atoms with Crippen LogP contribution >= 0.6 is 12.2 Å². The topological polar surface area (TPSA) is 32.6 Å². The lowest BCUT2D eigenvalue weighted by molar-refractivity contribution is 0.255. The Labute approximate surface area is 92.4 Å². The minimum Gasteiger partial charge on any atom is -0.396 e. The van der Waals surface area contributed by atoms with Crippen molar-refractivity contribution in [3.8, 4) is 0 Å². The fourth-order valence-electron chi connectivity index (χ4n) is 1.43. The Morgan fingerprint density at radius 1 is 1.43 bits per heavy atom. The quantitative estimate of drug-likeness (QED) is 0.523. The van der Waals surface area contributed by atoms with Gasteiger partial charge >= 0.3 is 0 Å². The molecule has 1 N–H and O–H groups in total. The van der Waals surface area contributed by atoms with E-state index in [-0.39, 0.29) is 5.54 Å². The molecule has 0 rings (SSSR count). The lowest BCUT2D eigenvalue weighted by atomic mass is 9.93. The van der Waals surface area contributed by atoms with Crippen LogP contribution in [0.3, 0.4) is 0 Å². The summed E-state index contributed by atoms with van der Waals surface area (Å²) in [5.41, 5.74) is -0.0688. The predicted molar refractivity (Wildman–Crippen MR) is 63.8 cm³/mol. The van der Waals surface area contributed by atoms with Gasteiger partial charge in [-0.05, 0) is 44.8 Å². The van der Waals surface area contributed by atoms with Crippen molar-refractivity contribution < 1.29 is 5.11 Å². The number of aliphatic imine (C=N–C) groups is 1. The van der Waals surface area contributed by atoms with Crippen LogP contribution in [-0.2, 0) is 0 Å². The van der Waals surface area contributed by atoms with Gasteiger partial charge in [-0.1, -0.05) is 19.8 Å². The highest BCUT2D eigenvalue weighted by Gasteiger charge is 2.15. The zero-order valence-corrected chi connectivity index (χ0v) is 10.2. The van der Waals surface area contributed by atoms with Crippen LogP contribution in [0.25, 0.3) is 0 Å². The van der Waals surface area contributed by atoms with Crippen LogP contribution in [0.5, 0.6) is 0 Å². The summed E-state index contributed by atoms with van der Waals surface area (Å²) in [5.74, 6) is 0.604. The van der Waals surface area contributed by atoms with Crippen LogP contribution in [0.1, 0.15) is 46.5 Å². The van der Waals surface area contributed by atoms with Gasteiger partial charge in [0.25, 0.3) is 0 Å². The summed E-state index contributed by atoms with van der Waals surface area (Å²) in [4.78, 5) is 4.11. The fraction of sp³-hybridized carbons (Fsp3) is 0.909. The first-order valence-corrected chi connectivity index (χ1v) is 5.62. The number of thiocarbonyl (C=S) groups is 1. The van der Waals surface area contributed by atoms with Crippen LogP contribution in [0.15, 0.2) is 4.99 Å². The van der Waals surface area contributed by atoms with Gasteiger partial charge in [0, 0.05) is 6.61 Å². The predicted octanol–water partition coefficient (Wildman–Crippen LogP) is 3.06. The third-order valence-electron chi connectivity index (χ3n) is 2.46. The first-order valence-electron chi connectivity index (χ1n) is 5.21. The van der Waals surface area contributed by atoms with Crippen molar-refractivity contribution in [2.45, 2.75) is 52.0 Å². The molecule has 0 aromatic rings. The molecule has 1 unspecified atom stereocenters. The second kappa shape index (κ2) is 7.10. The molecule has 0 spiro atoms. The highest BCUT2D eigenvalue weighted by atomic mass is 32.1. The Kier molecular flexibility index (Phi) is 6.98. The molecule has 0 aliphatic heterocycles. The summed E-state index contributed by atoms with van der Waals surface area (Å²) in [6, 6.07) is 0. The Morgan fingerprint density at radius 2 is 2.07 bits per heavy atom. The molecule has 0 amide bonds. The number of hydrogen-bond acceptors (Lipinski definition) is 3. The summed E-state index contributed by atoms with van der Waals surface area (Å²) < 4.78 is 0. The van der Waals surface area contributed by atoms with Crippen molar-refractivity contribution in [1.82, 2.24) is 0 Å². The van der Waals surface area contributed by atoms with E-state index in [4.69, 9.17) is 5.11 Å². The standard InChI is InChI=1S/C11H21NOS/c1-10(6-8-13)5-4-7-11(2,3)12-9-14/h10,13H,4-8H2,1-3H3. The number of aliphatic hydroxyl groups excluding tert-OH is 1. The maximum atomic E-state index is 8.74. The molecule has 0 saturated carbocycles. The molecule has 0 aromatic heterocycles. The first kappa shape index (κ1) is 13.8. The Bertz CT molecular complexity index is 197. The van der Waals surface area contributed by atoms with Crippen LogP contribution in [0.2, 0.25) is 0 Å². The molecule has 0 heterocycles. The largest absolute Gasteiger partial charge is 0.396 e. The molecule has 1 atom stereocenters. The molecule has 0 fully saturated rings. The van der Waals surface area contributed by atoms with Crippen molar-refractivity contribution >= 4 is 17.4 Å². The summed E-state index contributed by atoms with van der Waals surface area (Å²) in [5, 5.41) is 11.2. The molecule has 2 nitrogen and oxygen atoms in total. The Balaban J connectivity index is 3.67. The molecule has 0 radical (unpaired) electrons. The van der Waals surface area contributed by atoms with Crippen LogP contribution in [0.4, 0.5) is 0 Å². The minimum atomic E-state index is -0.0688. The average Bonchev–Trinajstić information content (AvgIpc) is 2.03. The van der Waals surface area contributed by atoms with Crippen molar-refractivity contribution in [3.05, 3.63) is 0 Å². The van der Waals surface area contributed by atoms with Crippen LogP contribution in [-0.4, -0.2) is 22.4 Å². The molecule has 0 aliphatic carbocycles. The number of rotatable bonds is 7. The average molecular weight is 215 g/mol. The van der Waals surface area contributed by atoms with Crippen molar-refractivity contribution in [2.75, 3.05) is 6.61 Å². The van der Waals surface area contributed by atoms with E-state index in [9.17, 15) is 0 Å². The zero-order valence-electron chi connectivity index (χ0n) is 9.42. The number of isothiocyanates is 1. The Hall–Kier alpha value is -0.240. The van der Waals surface area contributed by atoms with Crippen molar-refractivity contribution in [2.24, 2.45) is 10.9 Å². The monoisotopic (exact) mass is 215 g/mol. The maximum absolute atomic E-state index is 8.74. The molecule has 14 heavy (non-hydrogen) atoms. The molecule has 0 bridgehead atoms. The summed E-state index contributed by atoms with van der Waals surface area (Å²) >= 11 is 4.59. The normalized spacial score (nSPS) is 13.4. The van der Waals surface area contributed by atoms with Gasteiger partial charge in [0.1, 0.15) is 0 Å². The SMILES string of the molecule is CC(CCO)CCCC(C)(C)N=C=S. The first-order chi connectivity index (χ1) is 6.52. The summed E-state index contributed by atoms with van der Waals surface area (Å²) in [7, 11) is 0. The van der Waals surface area contributed by atoms with E-state index in [0.717, 1.165) is 25.7 Å². The minimum absolute atomic E-state index is 0.0688. The van der Waals surface area contributed by atoms with Gasteiger partial charge in [-0.3, -0.25) is 0 Å². The van der Waals surface area contributed by atoms with Crippen molar-refractivity contribution in [1.29, 1.82) is 0 Å². The third kappa shape index (κ3) is 7.19. The number of hydrogen-bond donors (Lipinski definition) is 1. The fourth-order valence-corrected chi connectivity index (χ4v) is 1.67. The van der Waals surface area contributed by atoms with Crippen molar-refractivity contribution in [3.63, 3.8) is 0 Å². The van der Waals surface area contributed by atoms with E-state index in [1.54, 1.807) is 0 Å². The molecule has 0 aromatic carbocycles. The van der Waals surface area contributed by atoms with Gasteiger partial charge in [-0.15, -0.1) is 0 Å². The third-order valence-corrected chi connectivity index (χ3v) is 2.55. The lowest BCUT2D eigenvalue weighted by Gasteiger charge is -2.18. The molecule has 0 aliphatic rings. The smallest absolute Gasteiger partial charge is 0.0655 e. The second-order valence-electron chi connectivity index (χ2n) is 4.53. The summed E-state index contributed by atoms with van der Waals surface area (Å²) in [6.07, 6.45) is 4.22. The molecular formula is C11H21NOS. The van der Waals surface area contributed by atoms with E-state index in [2.05, 4.69) is 43.1 Å². The summed E-state index contributed by atoms with van der Waals surface area (Å²) in [6.45, 7) is 6.61. The van der Waals surface area contributed by atoms with Crippen LogP contribution < -0.4 is 0 Å². The molecular weight excluding hydrogens is 194 g/mol. The van der Waals surface area contributed by atoms with Gasteiger partial charge in [0.2, 0.25) is 0 Å². The highest BCUT2D eigenvalue weighted by Crippen LogP contribution is 2.20. The van der Waals surface area contributed by atoms with Gasteiger partial charge < -0.3 is 5.11 Å². The highest BCUT2D eigenvalue weighted by molar-refractivity contribution is 7.78. The van der Waals surface area contributed by atoms with Gasteiger partial charge in [0.15, 0.2) is 0 Å². The van der Waals surface area contributed by atoms with E-state index < -0.39 is 0 Å². The lowest BCUT2D eigenvalue weighted by Crippen LogP contribution is -2.16. The maximum Gasteiger partial charge on any atom is 0.0655 e. The van der Waals surface area contributed by atoms with Gasteiger partial charge in [0.05, 0.1) is 10.7 Å². The second-order valence-corrected chi connectivity index (χ2v) is 4.71. The molecule has 0 saturated heterocycles.